The van der Waals surface area contributed by atoms with E-state index in [4.69, 9.17) is 9.47 Å². The van der Waals surface area contributed by atoms with Gasteiger partial charge in [-0.1, -0.05) is 37.3 Å². The van der Waals surface area contributed by atoms with Crippen molar-refractivity contribution in [2.75, 3.05) is 20.8 Å². The lowest BCUT2D eigenvalue weighted by Gasteiger charge is -2.22. The van der Waals surface area contributed by atoms with Gasteiger partial charge in [-0.2, -0.15) is 5.10 Å². The van der Waals surface area contributed by atoms with E-state index in [1.165, 1.54) is 0 Å². The van der Waals surface area contributed by atoms with Gasteiger partial charge in [0.2, 0.25) is 0 Å². The number of fused-ring (bicyclic) bond motifs is 1. The molecule has 7 nitrogen and oxygen atoms in total. The summed E-state index contributed by atoms with van der Waals surface area (Å²) in [6, 6.07) is 17.6. The molecule has 2 aromatic heterocycles. The third-order valence-electron chi connectivity index (χ3n) is 5.53. The highest BCUT2D eigenvalue weighted by molar-refractivity contribution is 5.96. The van der Waals surface area contributed by atoms with E-state index in [1.54, 1.807) is 26.6 Å². The van der Waals surface area contributed by atoms with Crippen LogP contribution in [0.25, 0.3) is 11.0 Å². The Hall–Kier alpha value is -3.87. The molecule has 0 aliphatic heterocycles. The number of aromatic nitrogens is 3. The number of benzene rings is 2. The number of ether oxygens (including phenoxy) is 2. The zero-order chi connectivity index (χ0) is 23.2. The zero-order valence-electron chi connectivity index (χ0n) is 19.2. The summed E-state index contributed by atoms with van der Waals surface area (Å²) in [5, 5.41) is 5.32. The van der Waals surface area contributed by atoms with Gasteiger partial charge in [-0.25, -0.2) is 9.67 Å². The lowest BCUT2D eigenvalue weighted by Crippen LogP contribution is -2.31. The van der Waals surface area contributed by atoms with Crippen LogP contribution in [0.1, 0.15) is 34.8 Å². The van der Waals surface area contributed by atoms with Crippen molar-refractivity contribution in [2.24, 2.45) is 0 Å². The molecular weight excluding hydrogens is 416 g/mol. The molecule has 0 fully saturated rings. The number of nitrogens with zero attached hydrogens (tertiary/aromatic N) is 4. The third-order valence-corrected chi connectivity index (χ3v) is 5.53. The highest BCUT2D eigenvalue weighted by Crippen LogP contribution is 2.26. The zero-order valence-corrected chi connectivity index (χ0v) is 19.2. The minimum absolute atomic E-state index is 0.0281. The number of rotatable bonds is 9. The van der Waals surface area contributed by atoms with Crippen molar-refractivity contribution in [3.63, 3.8) is 0 Å². The van der Waals surface area contributed by atoms with Crippen molar-refractivity contribution in [3.05, 3.63) is 83.7 Å². The summed E-state index contributed by atoms with van der Waals surface area (Å²) in [7, 11) is 3.26. The number of hydrogen-bond acceptors (Lipinski definition) is 5. The van der Waals surface area contributed by atoms with Gasteiger partial charge in [0.15, 0.2) is 5.65 Å². The van der Waals surface area contributed by atoms with E-state index >= 15 is 0 Å². The molecule has 0 spiro atoms. The van der Waals surface area contributed by atoms with Gasteiger partial charge in [-0.05, 0) is 30.2 Å². The molecule has 7 heteroatoms. The average molecular weight is 445 g/mol. The van der Waals surface area contributed by atoms with Gasteiger partial charge in [0.05, 0.1) is 32.5 Å². The second-order valence-corrected chi connectivity index (χ2v) is 7.83. The lowest BCUT2D eigenvalue weighted by molar-refractivity contribution is 0.0743. The Morgan fingerprint density at radius 2 is 1.85 bits per heavy atom. The Bertz CT molecular complexity index is 1240. The molecule has 0 atom stereocenters. The van der Waals surface area contributed by atoms with E-state index in [9.17, 15) is 4.79 Å². The summed E-state index contributed by atoms with van der Waals surface area (Å²) in [6.45, 7) is 3.82. The molecule has 0 saturated heterocycles. The molecule has 2 aromatic carbocycles. The minimum Gasteiger partial charge on any atom is -0.497 e. The number of hydrogen-bond donors (Lipinski definition) is 0. The molecule has 4 aromatic rings. The number of pyridine rings is 1. The lowest BCUT2D eigenvalue weighted by atomic mass is 10.1. The van der Waals surface area contributed by atoms with Gasteiger partial charge in [0.25, 0.3) is 5.91 Å². The fraction of sp³-hybridized carbons (Fsp3) is 0.269. The van der Waals surface area contributed by atoms with Gasteiger partial charge >= 0.3 is 0 Å². The molecule has 170 valence electrons. The Morgan fingerprint density at radius 3 is 2.58 bits per heavy atom. The van der Waals surface area contributed by atoms with E-state index in [-0.39, 0.29) is 5.91 Å². The third kappa shape index (κ3) is 4.98. The van der Waals surface area contributed by atoms with Gasteiger partial charge < -0.3 is 14.4 Å². The maximum Gasteiger partial charge on any atom is 0.255 e. The quantitative estimate of drug-likeness (QED) is 0.379. The number of amides is 1. The second-order valence-electron chi connectivity index (χ2n) is 7.83. The second kappa shape index (κ2) is 10.2. The van der Waals surface area contributed by atoms with Crippen LogP contribution in [0.2, 0.25) is 0 Å². The van der Waals surface area contributed by atoms with E-state index in [0.717, 1.165) is 40.1 Å². The van der Waals surface area contributed by atoms with Crippen LogP contribution in [0, 0.1) is 0 Å². The Morgan fingerprint density at radius 1 is 1.03 bits per heavy atom. The molecule has 4 rings (SSSR count). The van der Waals surface area contributed by atoms with Gasteiger partial charge in [-0.3, -0.25) is 4.79 Å². The van der Waals surface area contributed by atoms with Gasteiger partial charge in [-0.15, -0.1) is 0 Å². The van der Waals surface area contributed by atoms with Crippen molar-refractivity contribution < 1.29 is 14.3 Å². The van der Waals surface area contributed by atoms with Gasteiger partial charge in [0, 0.05) is 36.3 Å². The van der Waals surface area contributed by atoms with Crippen LogP contribution < -0.4 is 9.47 Å². The SMILES string of the molecule is CCCN(Cc1ccccc1)C(=O)c1cnc2c(cnn2Cc2ccc(OC)cc2OC)c1. The first-order valence-corrected chi connectivity index (χ1v) is 11.0. The average Bonchev–Trinajstić information content (AvgIpc) is 3.26. The molecule has 2 heterocycles. The Balaban J connectivity index is 1.57. The smallest absolute Gasteiger partial charge is 0.255 e. The summed E-state index contributed by atoms with van der Waals surface area (Å²) in [4.78, 5) is 19.7. The molecule has 0 aliphatic carbocycles. The molecule has 0 radical (unpaired) electrons. The maximum absolute atomic E-state index is 13.3. The van der Waals surface area contributed by atoms with Crippen molar-refractivity contribution in [1.82, 2.24) is 19.7 Å². The largest absolute Gasteiger partial charge is 0.497 e. The van der Waals surface area contributed by atoms with Crippen LogP contribution in [0.4, 0.5) is 0 Å². The van der Waals surface area contributed by atoms with Crippen LogP contribution in [-0.2, 0) is 13.1 Å². The first kappa shape index (κ1) is 22.3. The predicted octanol–water partition coefficient (Wildman–Crippen LogP) is 4.55. The molecule has 0 aliphatic rings. The summed E-state index contributed by atoms with van der Waals surface area (Å²) in [5.41, 5.74) is 3.35. The molecule has 0 unspecified atom stereocenters. The standard InChI is InChI=1S/C26H28N4O3/c1-4-12-29(17-19-8-6-5-7-9-19)26(31)22-13-21-16-28-30(25(21)27-15-22)18-20-10-11-23(32-2)14-24(20)33-3/h5-11,13-16H,4,12,17-18H2,1-3H3. The number of carbonyl (C=O) groups is 1. The first-order chi connectivity index (χ1) is 16.1. The monoisotopic (exact) mass is 444 g/mol. The summed E-state index contributed by atoms with van der Waals surface area (Å²) < 4.78 is 12.6. The van der Waals surface area contributed by atoms with E-state index in [2.05, 4.69) is 17.0 Å². The fourth-order valence-corrected chi connectivity index (χ4v) is 3.86. The van der Waals surface area contributed by atoms with Crippen molar-refractivity contribution >= 4 is 16.9 Å². The summed E-state index contributed by atoms with van der Waals surface area (Å²) in [5.74, 6) is 1.43. The normalized spacial score (nSPS) is 10.9. The molecule has 0 bridgehead atoms. The summed E-state index contributed by atoms with van der Waals surface area (Å²) >= 11 is 0. The molecule has 0 N–H and O–H groups in total. The van der Waals surface area contributed by atoms with Crippen molar-refractivity contribution in [2.45, 2.75) is 26.4 Å². The van der Waals surface area contributed by atoms with E-state index in [1.807, 2.05) is 64.2 Å². The maximum atomic E-state index is 13.3. The molecule has 0 saturated carbocycles. The van der Waals surface area contributed by atoms with E-state index < -0.39 is 0 Å². The predicted molar refractivity (Wildman–Crippen MR) is 128 cm³/mol. The van der Waals surface area contributed by atoms with Crippen molar-refractivity contribution in [3.8, 4) is 11.5 Å². The topological polar surface area (TPSA) is 69.5 Å². The Labute approximate surface area is 193 Å². The molecule has 33 heavy (non-hydrogen) atoms. The van der Waals surface area contributed by atoms with Crippen LogP contribution in [0.3, 0.4) is 0 Å². The van der Waals surface area contributed by atoms with Crippen LogP contribution >= 0.6 is 0 Å². The van der Waals surface area contributed by atoms with E-state index in [0.29, 0.717) is 25.2 Å². The van der Waals surface area contributed by atoms with Crippen LogP contribution in [0.5, 0.6) is 11.5 Å². The molecular formula is C26H28N4O3. The van der Waals surface area contributed by atoms with Gasteiger partial charge in [0.1, 0.15) is 11.5 Å². The van der Waals surface area contributed by atoms with Crippen LogP contribution in [0.15, 0.2) is 67.0 Å². The Kier molecular flexibility index (Phi) is 6.88. The molecule has 1 amide bonds. The number of carbonyl (C=O) groups excluding carboxylic acids is 1. The number of methoxy groups -OCH3 is 2. The minimum atomic E-state index is -0.0281. The van der Waals surface area contributed by atoms with Crippen molar-refractivity contribution in [1.29, 1.82) is 0 Å². The fourth-order valence-electron chi connectivity index (χ4n) is 3.86. The highest BCUT2D eigenvalue weighted by Gasteiger charge is 2.18. The first-order valence-electron chi connectivity index (χ1n) is 11.0. The summed E-state index contributed by atoms with van der Waals surface area (Å²) in [6.07, 6.45) is 4.27. The highest BCUT2D eigenvalue weighted by atomic mass is 16.5. The van der Waals surface area contributed by atoms with Crippen LogP contribution in [-0.4, -0.2) is 46.3 Å².